The molecule has 0 rings (SSSR count). The van der Waals surface area contributed by atoms with Gasteiger partial charge >= 0.3 is 0 Å². The van der Waals surface area contributed by atoms with Crippen LogP contribution in [0.15, 0.2) is 11.4 Å². The predicted molar refractivity (Wildman–Crippen MR) is 48.4 cm³/mol. The highest BCUT2D eigenvalue weighted by molar-refractivity contribution is 6.28. The van der Waals surface area contributed by atoms with E-state index in [4.69, 9.17) is 11.6 Å². The van der Waals surface area contributed by atoms with Crippen LogP contribution >= 0.6 is 11.6 Å². The fourth-order valence-corrected chi connectivity index (χ4v) is 1.07. The van der Waals surface area contributed by atoms with Gasteiger partial charge in [-0.3, -0.25) is 0 Å². The highest BCUT2D eigenvalue weighted by Gasteiger charge is 1.88. The van der Waals surface area contributed by atoms with Crippen LogP contribution in [-0.2, 0) is 0 Å². The van der Waals surface area contributed by atoms with E-state index in [1.807, 2.05) is 0 Å². The van der Waals surface area contributed by atoms with Gasteiger partial charge in [-0.05, 0) is 18.9 Å². The van der Waals surface area contributed by atoms with Crippen molar-refractivity contribution in [2.45, 2.75) is 45.4 Å². The minimum Gasteiger partial charge on any atom is -0.194 e. The molecule has 0 bridgehead atoms. The first-order valence-electron chi connectivity index (χ1n) is 4.28. The second-order valence-corrected chi connectivity index (χ2v) is 3.06. The summed E-state index contributed by atoms with van der Waals surface area (Å²) in [5.74, 6) is 0. The molecule has 11 heavy (non-hydrogen) atoms. The topological polar surface area (TPSA) is 0 Å². The van der Waals surface area contributed by atoms with Gasteiger partial charge in [0.15, 0.2) is 5.29 Å². The molecule has 0 amide bonds. The van der Waals surface area contributed by atoms with Crippen molar-refractivity contribution in [2.75, 3.05) is 0 Å². The summed E-state index contributed by atoms with van der Waals surface area (Å²) in [6, 6.07) is 0. The molecule has 0 aliphatic rings. The second-order valence-electron chi connectivity index (χ2n) is 2.70. The number of rotatable bonds is 6. The van der Waals surface area contributed by atoms with Gasteiger partial charge in [0.05, 0.1) is 0 Å². The maximum absolute atomic E-state index is 11.9. The van der Waals surface area contributed by atoms with E-state index in [1.165, 1.54) is 31.8 Å². The molecule has 0 unspecified atom stereocenters. The zero-order valence-electron chi connectivity index (χ0n) is 7.08. The van der Waals surface area contributed by atoms with Crippen LogP contribution in [-0.4, -0.2) is 0 Å². The highest BCUT2D eigenvalue weighted by Crippen LogP contribution is 2.09. The van der Waals surface area contributed by atoms with E-state index in [1.54, 1.807) is 0 Å². The van der Waals surface area contributed by atoms with Crippen LogP contribution in [0.5, 0.6) is 0 Å². The lowest BCUT2D eigenvalue weighted by Crippen LogP contribution is -1.75. The fraction of sp³-hybridized carbons (Fsp3) is 0.778. The van der Waals surface area contributed by atoms with Gasteiger partial charge in [0.1, 0.15) is 0 Å². The van der Waals surface area contributed by atoms with Crippen LogP contribution in [0.1, 0.15) is 45.4 Å². The number of unbranched alkanes of at least 4 members (excludes halogenated alkanes) is 5. The molecule has 2 heteroatoms. The molecule has 0 aromatic heterocycles. The SMILES string of the molecule is CCCCCCCC=C(F)Cl. The van der Waals surface area contributed by atoms with Crippen molar-refractivity contribution in [3.63, 3.8) is 0 Å². The van der Waals surface area contributed by atoms with Crippen molar-refractivity contribution in [2.24, 2.45) is 0 Å². The summed E-state index contributed by atoms with van der Waals surface area (Å²) in [5.41, 5.74) is 0. The molecule has 0 atom stereocenters. The van der Waals surface area contributed by atoms with E-state index >= 15 is 0 Å². The predicted octanol–water partition coefficient (Wildman–Crippen LogP) is 4.40. The monoisotopic (exact) mass is 178 g/mol. The molecular formula is C9H16ClF. The van der Waals surface area contributed by atoms with Crippen molar-refractivity contribution in [1.29, 1.82) is 0 Å². The summed E-state index contributed by atoms with van der Waals surface area (Å²) in [4.78, 5) is 0. The molecule has 0 saturated carbocycles. The molecule has 0 spiro atoms. The Bertz CT molecular complexity index is 106. The molecule has 0 saturated heterocycles. The third-order valence-electron chi connectivity index (χ3n) is 1.61. The van der Waals surface area contributed by atoms with Crippen molar-refractivity contribution in [3.05, 3.63) is 11.4 Å². The Hall–Kier alpha value is -0.0400. The Morgan fingerprint density at radius 3 is 2.45 bits per heavy atom. The van der Waals surface area contributed by atoms with E-state index in [0.29, 0.717) is 0 Å². The van der Waals surface area contributed by atoms with E-state index in [2.05, 4.69) is 6.92 Å². The summed E-state index contributed by atoms with van der Waals surface area (Å²) in [5, 5.41) is -0.569. The van der Waals surface area contributed by atoms with Crippen LogP contribution in [0.3, 0.4) is 0 Å². The number of hydrogen-bond donors (Lipinski definition) is 0. The zero-order valence-corrected chi connectivity index (χ0v) is 7.83. The molecular weight excluding hydrogens is 163 g/mol. The van der Waals surface area contributed by atoms with E-state index in [0.717, 1.165) is 12.8 Å². The number of halogens is 2. The lowest BCUT2D eigenvalue weighted by Gasteiger charge is -1.95. The van der Waals surface area contributed by atoms with Gasteiger partial charge < -0.3 is 0 Å². The number of allylic oxidation sites excluding steroid dienone is 1. The average Bonchev–Trinajstić information content (AvgIpc) is 1.96. The van der Waals surface area contributed by atoms with Crippen LogP contribution in [0, 0.1) is 0 Å². The minimum absolute atomic E-state index is 0.569. The van der Waals surface area contributed by atoms with Gasteiger partial charge in [-0.2, -0.15) is 4.39 Å². The van der Waals surface area contributed by atoms with Crippen LogP contribution in [0.2, 0.25) is 0 Å². The zero-order chi connectivity index (χ0) is 8.53. The van der Waals surface area contributed by atoms with E-state index in [9.17, 15) is 4.39 Å². The second kappa shape index (κ2) is 8.06. The van der Waals surface area contributed by atoms with Gasteiger partial charge in [-0.1, -0.05) is 44.2 Å². The lowest BCUT2D eigenvalue weighted by atomic mass is 10.1. The van der Waals surface area contributed by atoms with Crippen LogP contribution in [0.4, 0.5) is 4.39 Å². The lowest BCUT2D eigenvalue weighted by molar-refractivity contribution is 0.629. The first-order chi connectivity index (χ1) is 5.27. The molecule has 66 valence electrons. The molecule has 0 aromatic rings. The van der Waals surface area contributed by atoms with Gasteiger partial charge in [0.25, 0.3) is 0 Å². The molecule has 0 fully saturated rings. The van der Waals surface area contributed by atoms with Gasteiger partial charge in [-0.15, -0.1) is 0 Å². The minimum atomic E-state index is -0.569. The van der Waals surface area contributed by atoms with Gasteiger partial charge in [0, 0.05) is 0 Å². The van der Waals surface area contributed by atoms with E-state index < -0.39 is 5.29 Å². The summed E-state index contributed by atoms with van der Waals surface area (Å²) in [6.45, 7) is 2.18. The Morgan fingerprint density at radius 1 is 1.27 bits per heavy atom. The Morgan fingerprint density at radius 2 is 1.91 bits per heavy atom. The van der Waals surface area contributed by atoms with Crippen LogP contribution in [0.25, 0.3) is 0 Å². The number of hydrogen-bond acceptors (Lipinski definition) is 0. The largest absolute Gasteiger partial charge is 0.194 e. The molecule has 0 heterocycles. The smallest absolute Gasteiger partial charge is 0.185 e. The van der Waals surface area contributed by atoms with Crippen molar-refractivity contribution >= 4 is 11.6 Å². The summed E-state index contributed by atoms with van der Waals surface area (Å²) in [7, 11) is 0. The summed E-state index contributed by atoms with van der Waals surface area (Å²) < 4.78 is 11.9. The van der Waals surface area contributed by atoms with Gasteiger partial charge in [0.2, 0.25) is 0 Å². The third-order valence-corrected chi connectivity index (χ3v) is 1.76. The molecule has 0 aliphatic heterocycles. The maximum atomic E-state index is 11.9. The van der Waals surface area contributed by atoms with E-state index in [-0.39, 0.29) is 0 Å². The quantitative estimate of drug-likeness (QED) is 0.529. The van der Waals surface area contributed by atoms with Crippen molar-refractivity contribution < 1.29 is 4.39 Å². The highest BCUT2D eigenvalue weighted by atomic mass is 35.5. The standard InChI is InChI=1S/C9H16ClF/c1-2-3-4-5-6-7-8-9(10)11/h8H,2-7H2,1H3. The molecule has 0 aromatic carbocycles. The first kappa shape index (κ1) is 11.0. The summed E-state index contributed by atoms with van der Waals surface area (Å²) in [6.07, 6.45) is 8.25. The van der Waals surface area contributed by atoms with Crippen molar-refractivity contribution in [1.82, 2.24) is 0 Å². The maximum Gasteiger partial charge on any atom is 0.185 e. The Kier molecular flexibility index (Phi) is 8.03. The van der Waals surface area contributed by atoms with Gasteiger partial charge in [-0.25, -0.2) is 0 Å². The first-order valence-corrected chi connectivity index (χ1v) is 4.66. The average molecular weight is 179 g/mol. The Balaban J connectivity index is 2.97. The van der Waals surface area contributed by atoms with Crippen molar-refractivity contribution in [3.8, 4) is 0 Å². The molecule has 0 aliphatic carbocycles. The summed E-state index contributed by atoms with van der Waals surface area (Å²) >= 11 is 5.01. The third kappa shape index (κ3) is 9.96. The van der Waals surface area contributed by atoms with Crippen LogP contribution < -0.4 is 0 Å². The fourth-order valence-electron chi connectivity index (χ4n) is 0.959. The normalized spacial score (nSPS) is 12.1. The Labute approximate surface area is 73.4 Å². The molecule has 0 radical (unpaired) electrons. The molecule has 0 nitrogen and oxygen atoms in total. The molecule has 0 N–H and O–H groups in total.